The van der Waals surface area contributed by atoms with Gasteiger partial charge in [-0.3, -0.25) is 9.69 Å². The van der Waals surface area contributed by atoms with Crippen molar-refractivity contribution in [3.63, 3.8) is 0 Å². The molecule has 0 bridgehead atoms. The Morgan fingerprint density at radius 2 is 2.00 bits per heavy atom. The molecule has 1 aromatic rings. The minimum absolute atomic E-state index is 0.218. The molecule has 19 heavy (non-hydrogen) atoms. The van der Waals surface area contributed by atoms with Gasteiger partial charge >= 0.3 is 6.09 Å². The van der Waals surface area contributed by atoms with Crippen LogP contribution < -0.4 is 5.32 Å². The number of carboxylic acid groups (broad SMARTS) is 1. The van der Waals surface area contributed by atoms with Gasteiger partial charge < -0.3 is 10.4 Å². The first-order valence-electron chi connectivity index (χ1n) is 6.47. The number of β-lactam (4-membered cyclic amide) rings is 1. The van der Waals surface area contributed by atoms with E-state index in [9.17, 15) is 14.7 Å². The fraction of sp³-hybridized carbons (Fsp3) is 0.429. The third kappa shape index (κ3) is 3.05. The maximum absolute atomic E-state index is 11.3. The second kappa shape index (κ2) is 5.73. The molecule has 2 rings (SSSR count). The third-order valence-electron chi connectivity index (χ3n) is 3.31. The van der Waals surface area contributed by atoms with E-state index < -0.39 is 12.1 Å². The van der Waals surface area contributed by atoms with Crippen molar-refractivity contribution < 1.29 is 14.7 Å². The van der Waals surface area contributed by atoms with E-state index in [1.165, 1.54) is 10.5 Å². The Balaban J connectivity index is 2.04. The van der Waals surface area contributed by atoms with Gasteiger partial charge in [0, 0.05) is 13.1 Å². The second-order valence-electron chi connectivity index (χ2n) is 4.74. The maximum atomic E-state index is 11.3. The lowest BCUT2D eigenvalue weighted by atomic mass is 10.1. The highest BCUT2D eigenvalue weighted by Crippen LogP contribution is 2.14. The number of hydrogen-bond acceptors (Lipinski definition) is 2. The Morgan fingerprint density at radius 3 is 2.42 bits per heavy atom. The summed E-state index contributed by atoms with van der Waals surface area (Å²) in [5, 5.41) is 11.7. The van der Waals surface area contributed by atoms with Crippen LogP contribution in [0.4, 0.5) is 4.79 Å². The number of aryl methyl sites for hydroxylation is 1. The van der Waals surface area contributed by atoms with Crippen molar-refractivity contribution in [1.82, 2.24) is 10.2 Å². The SMILES string of the molecule is CCCc1ccc(CN(C(=O)O)[C@H]2CNC2=O)cc1. The van der Waals surface area contributed by atoms with Crippen molar-refractivity contribution in [3.8, 4) is 0 Å². The summed E-state index contributed by atoms with van der Waals surface area (Å²) in [6.45, 7) is 2.77. The van der Waals surface area contributed by atoms with Crippen LogP contribution in [0.5, 0.6) is 0 Å². The molecule has 1 fully saturated rings. The molecule has 1 aliphatic rings. The fourth-order valence-corrected chi connectivity index (χ4v) is 2.14. The van der Waals surface area contributed by atoms with Crippen molar-refractivity contribution >= 4 is 12.0 Å². The molecule has 1 aliphatic heterocycles. The summed E-state index contributed by atoms with van der Waals surface area (Å²) in [5.74, 6) is -0.218. The monoisotopic (exact) mass is 262 g/mol. The minimum Gasteiger partial charge on any atom is -0.465 e. The summed E-state index contributed by atoms with van der Waals surface area (Å²) in [5.41, 5.74) is 2.15. The summed E-state index contributed by atoms with van der Waals surface area (Å²) in [6, 6.07) is 7.34. The molecule has 5 nitrogen and oxygen atoms in total. The molecule has 2 N–H and O–H groups in total. The van der Waals surface area contributed by atoms with E-state index >= 15 is 0 Å². The molecular weight excluding hydrogens is 244 g/mol. The van der Waals surface area contributed by atoms with Crippen LogP contribution >= 0.6 is 0 Å². The van der Waals surface area contributed by atoms with Gasteiger partial charge in [0.05, 0.1) is 0 Å². The summed E-state index contributed by atoms with van der Waals surface area (Å²) in [6.07, 6.45) is 1.05. The quantitative estimate of drug-likeness (QED) is 0.792. The van der Waals surface area contributed by atoms with Gasteiger partial charge in [-0.25, -0.2) is 4.79 Å². The van der Waals surface area contributed by atoms with E-state index in [2.05, 4.69) is 12.2 Å². The molecule has 1 atom stereocenters. The molecule has 1 saturated heterocycles. The molecule has 1 heterocycles. The minimum atomic E-state index is -1.06. The molecule has 102 valence electrons. The fourth-order valence-electron chi connectivity index (χ4n) is 2.14. The van der Waals surface area contributed by atoms with E-state index in [1.54, 1.807) is 0 Å². The van der Waals surface area contributed by atoms with E-state index in [1.807, 2.05) is 24.3 Å². The van der Waals surface area contributed by atoms with Crippen LogP contribution in [0.2, 0.25) is 0 Å². The zero-order valence-corrected chi connectivity index (χ0v) is 10.9. The average Bonchev–Trinajstić information content (AvgIpc) is 2.38. The van der Waals surface area contributed by atoms with Crippen molar-refractivity contribution in [1.29, 1.82) is 0 Å². The number of amides is 2. The number of rotatable bonds is 5. The molecule has 0 aromatic heterocycles. The Hall–Kier alpha value is -2.04. The normalized spacial score (nSPS) is 17.5. The number of benzene rings is 1. The Morgan fingerprint density at radius 1 is 1.37 bits per heavy atom. The van der Waals surface area contributed by atoms with Gasteiger partial charge in [0.15, 0.2) is 0 Å². The van der Waals surface area contributed by atoms with Crippen LogP contribution in [0.15, 0.2) is 24.3 Å². The van der Waals surface area contributed by atoms with Crippen LogP contribution in [0.1, 0.15) is 24.5 Å². The lowest BCUT2D eigenvalue weighted by Gasteiger charge is -2.34. The summed E-state index contributed by atoms with van der Waals surface area (Å²) >= 11 is 0. The summed E-state index contributed by atoms with van der Waals surface area (Å²) < 4.78 is 0. The van der Waals surface area contributed by atoms with Gasteiger partial charge in [-0.05, 0) is 17.5 Å². The molecule has 0 spiro atoms. The Labute approximate surface area is 112 Å². The number of hydrogen-bond donors (Lipinski definition) is 2. The molecule has 2 amide bonds. The van der Waals surface area contributed by atoms with E-state index in [4.69, 9.17) is 0 Å². The second-order valence-corrected chi connectivity index (χ2v) is 4.74. The molecule has 0 radical (unpaired) electrons. The van der Waals surface area contributed by atoms with Gasteiger partial charge in [0.25, 0.3) is 0 Å². The lowest BCUT2D eigenvalue weighted by molar-refractivity contribution is -0.132. The van der Waals surface area contributed by atoms with Gasteiger partial charge in [0.2, 0.25) is 5.91 Å². The zero-order chi connectivity index (χ0) is 13.8. The Kier molecular flexibility index (Phi) is 4.04. The van der Waals surface area contributed by atoms with Crippen LogP contribution in [0.3, 0.4) is 0 Å². The smallest absolute Gasteiger partial charge is 0.408 e. The van der Waals surface area contributed by atoms with Crippen LogP contribution in [-0.2, 0) is 17.8 Å². The molecular formula is C14H18N2O3. The third-order valence-corrected chi connectivity index (χ3v) is 3.31. The molecule has 1 aromatic carbocycles. The van der Waals surface area contributed by atoms with Gasteiger partial charge in [-0.1, -0.05) is 37.6 Å². The first-order valence-corrected chi connectivity index (χ1v) is 6.47. The molecule has 0 aliphatic carbocycles. The van der Waals surface area contributed by atoms with E-state index in [0.29, 0.717) is 6.54 Å². The van der Waals surface area contributed by atoms with E-state index in [-0.39, 0.29) is 12.5 Å². The highest BCUT2D eigenvalue weighted by atomic mass is 16.4. The average molecular weight is 262 g/mol. The van der Waals surface area contributed by atoms with E-state index in [0.717, 1.165) is 18.4 Å². The zero-order valence-electron chi connectivity index (χ0n) is 10.9. The topological polar surface area (TPSA) is 69.6 Å². The van der Waals surface area contributed by atoms with Crippen LogP contribution in [0, 0.1) is 0 Å². The molecule has 0 saturated carbocycles. The van der Waals surface area contributed by atoms with Crippen LogP contribution in [-0.4, -0.2) is 34.6 Å². The predicted octanol–water partition coefficient (Wildman–Crippen LogP) is 1.62. The summed E-state index contributed by atoms with van der Waals surface area (Å²) in [4.78, 5) is 23.7. The van der Waals surface area contributed by atoms with Crippen molar-refractivity contribution in [3.05, 3.63) is 35.4 Å². The van der Waals surface area contributed by atoms with Gasteiger partial charge in [0.1, 0.15) is 6.04 Å². The van der Waals surface area contributed by atoms with Gasteiger partial charge in [-0.15, -0.1) is 0 Å². The first-order chi connectivity index (χ1) is 9.11. The van der Waals surface area contributed by atoms with Crippen molar-refractivity contribution in [2.75, 3.05) is 6.54 Å². The Bertz CT molecular complexity index is 470. The number of carbonyl (C=O) groups is 2. The number of nitrogens with one attached hydrogen (secondary N) is 1. The molecule has 0 unspecified atom stereocenters. The van der Waals surface area contributed by atoms with Crippen molar-refractivity contribution in [2.45, 2.75) is 32.4 Å². The highest BCUT2D eigenvalue weighted by molar-refractivity contribution is 5.90. The summed E-state index contributed by atoms with van der Waals surface area (Å²) in [7, 11) is 0. The van der Waals surface area contributed by atoms with Crippen molar-refractivity contribution in [2.24, 2.45) is 0 Å². The lowest BCUT2D eigenvalue weighted by Crippen LogP contribution is -2.62. The number of carbonyl (C=O) groups excluding carboxylic acids is 1. The first kappa shape index (κ1) is 13.4. The highest BCUT2D eigenvalue weighted by Gasteiger charge is 2.36. The van der Waals surface area contributed by atoms with Gasteiger partial charge in [-0.2, -0.15) is 0 Å². The standard InChI is InChI=1S/C14H18N2O3/c1-2-3-10-4-6-11(7-5-10)9-16(14(18)19)12-8-15-13(12)17/h4-7,12H,2-3,8-9H2,1H3,(H,15,17)(H,18,19)/t12-/m0/s1. The maximum Gasteiger partial charge on any atom is 0.408 e. The predicted molar refractivity (Wildman–Crippen MR) is 70.8 cm³/mol. The largest absolute Gasteiger partial charge is 0.465 e. The number of nitrogens with zero attached hydrogens (tertiary/aromatic N) is 1. The molecule has 5 heteroatoms. The van der Waals surface area contributed by atoms with Crippen LogP contribution in [0.25, 0.3) is 0 Å².